The monoisotopic (exact) mass is 869 g/mol. The SMILES string of the molecule is CC[C@H]1OC(=O)C[C@@H](O)[C@H](C)[C@@H](O[C@@H]2O[C@H](C)[C@@H](O)[C@H](N(C)C)[C@H]2O)[C@@H](CCN2CCCCCCC2)C[C@@H](C)C(=O)/C=C/C(C)=C/[C@@H]1CO[C@@H]1O[C@H](C)[C@@H](O)[C@@H](OC)[C@H]1OC. The quantitative estimate of drug-likeness (QED) is 0.208. The van der Waals surface area contributed by atoms with Crippen LogP contribution in [-0.2, 0) is 42.7 Å². The van der Waals surface area contributed by atoms with Crippen molar-refractivity contribution in [3.63, 3.8) is 0 Å². The molecule has 0 spiro atoms. The predicted molar refractivity (Wildman–Crippen MR) is 229 cm³/mol. The number of carbonyl (C=O) groups is 2. The molecule has 4 aliphatic heterocycles. The highest BCUT2D eigenvalue weighted by molar-refractivity contribution is 5.91. The highest BCUT2D eigenvalue weighted by atomic mass is 16.7. The summed E-state index contributed by atoms with van der Waals surface area (Å²) in [4.78, 5) is 32.1. The molecule has 352 valence electrons. The molecule has 0 radical (unpaired) electrons. The number of ketones is 1. The molecule has 0 aliphatic carbocycles. The summed E-state index contributed by atoms with van der Waals surface area (Å²) in [6.07, 6.45) is 1.83. The lowest BCUT2D eigenvalue weighted by atomic mass is 9.79. The Morgan fingerprint density at radius 2 is 1.44 bits per heavy atom. The van der Waals surface area contributed by atoms with Gasteiger partial charge in [0.1, 0.15) is 30.5 Å². The highest BCUT2D eigenvalue weighted by Gasteiger charge is 2.48. The molecule has 61 heavy (non-hydrogen) atoms. The molecule has 17 atom stereocenters. The normalized spacial score (nSPS) is 42.3. The molecule has 4 aliphatic rings. The number of likely N-dealkylation sites (tertiary alicyclic amines) is 1. The van der Waals surface area contributed by atoms with Crippen LogP contribution in [-0.4, -0.2) is 176 Å². The number of hydrogen-bond donors (Lipinski definition) is 4. The number of carbonyl (C=O) groups excluding carboxylic acids is 2. The Balaban J connectivity index is 1.68. The molecule has 0 aromatic heterocycles. The second-order valence-corrected chi connectivity index (χ2v) is 18.4. The summed E-state index contributed by atoms with van der Waals surface area (Å²) in [5, 5.41) is 45.3. The zero-order valence-electron chi connectivity index (χ0n) is 38.6. The minimum Gasteiger partial charge on any atom is -0.462 e. The van der Waals surface area contributed by atoms with Crippen molar-refractivity contribution in [1.29, 1.82) is 0 Å². The van der Waals surface area contributed by atoms with Crippen LogP contribution < -0.4 is 0 Å². The van der Waals surface area contributed by atoms with Crippen molar-refractivity contribution in [3.05, 3.63) is 23.8 Å². The van der Waals surface area contributed by atoms with Gasteiger partial charge in [0.05, 0.1) is 49.6 Å². The predicted octanol–water partition coefficient (Wildman–Crippen LogP) is 3.63. The molecule has 0 amide bonds. The van der Waals surface area contributed by atoms with E-state index in [1.165, 1.54) is 33.5 Å². The van der Waals surface area contributed by atoms with E-state index in [1.54, 1.807) is 45.0 Å². The third-order valence-corrected chi connectivity index (χ3v) is 13.5. The van der Waals surface area contributed by atoms with Crippen molar-refractivity contribution in [2.45, 2.75) is 179 Å². The summed E-state index contributed by atoms with van der Waals surface area (Å²) in [5.41, 5.74) is 0.765. The van der Waals surface area contributed by atoms with Crippen LogP contribution in [0.2, 0.25) is 0 Å². The van der Waals surface area contributed by atoms with E-state index in [2.05, 4.69) is 4.90 Å². The fourth-order valence-electron chi connectivity index (χ4n) is 9.57. The summed E-state index contributed by atoms with van der Waals surface area (Å²) in [7, 11) is 6.54. The van der Waals surface area contributed by atoms with Gasteiger partial charge in [0.25, 0.3) is 0 Å². The molecular weight excluding hydrogens is 789 g/mol. The van der Waals surface area contributed by atoms with E-state index < -0.39 is 103 Å². The van der Waals surface area contributed by atoms with Gasteiger partial charge in [0.15, 0.2) is 18.4 Å². The summed E-state index contributed by atoms with van der Waals surface area (Å²) < 4.78 is 42.6. The van der Waals surface area contributed by atoms with Gasteiger partial charge in [-0.3, -0.25) is 9.59 Å². The van der Waals surface area contributed by atoms with Crippen LogP contribution in [0, 0.1) is 23.7 Å². The number of methoxy groups -OCH3 is 2. The molecule has 0 unspecified atom stereocenters. The minimum absolute atomic E-state index is 0.0451. The largest absolute Gasteiger partial charge is 0.462 e. The Hall–Kier alpha value is -1.86. The molecule has 15 heteroatoms. The van der Waals surface area contributed by atoms with Crippen molar-refractivity contribution in [1.82, 2.24) is 9.80 Å². The van der Waals surface area contributed by atoms with Crippen LogP contribution in [0.25, 0.3) is 0 Å². The average Bonchev–Trinajstić information content (AvgIpc) is 3.20. The zero-order valence-corrected chi connectivity index (χ0v) is 38.6. The number of aliphatic hydroxyl groups is 4. The van der Waals surface area contributed by atoms with Crippen LogP contribution in [0.4, 0.5) is 0 Å². The molecule has 15 nitrogen and oxygen atoms in total. The summed E-state index contributed by atoms with van der Waals surface area (Å²) in [5.74, 6) is -2.51. The van der Waals surface area contributed by atoms with E-state index in [-0.39, 0.29) is 24.7 Å². The lowest BCUT2D eigenvalue weighted by molar-refractivity contribution is -0.304. The van der Waals surface area contributed by atoms with Gasteiger partial charge < -0.3 is 63.4 Å². The molecular formula is C46H80N2O13. The fraction of sp³-hybridized carbons (Fsp3) is 0.870. The summed E-state index contributed by atoms with van der Waals surface area (Å²) >= 11 is 0. The summed E-state index contributed by atoms with van der Waals surface area (Å²) in [6, 6.07) is -0.680. The second kappa shape index (κ2) is 25.0. The number of aliphatic hydroxyl groups excluding tert-OH is 4. The number of hydrogen-bond acceptors (Lipinski definition) is 15. The maximum Gasteiger partial charge on any atom is 0.308 e. The van der Waals surface area contributed by atoms with E-state index >= 15 is 0 Å². The van der Waals surface area contributed by atoms with Crippen LogP contribution >= 0.6 is 0 Å². The number of rotatable bonds is 12. The zero-order chi connectivity index (χ0) is 45.0. The Bertz CT molecular complexity index is 1390. The third kappa shape index (κ3) is 14.3. The maximum absolute atomic E-state index is 14.0. The number of ether oxygens (including phenoxy) is 7. The van der Waals surface area contributed by atoms with Gasteiger partial charge in [-0.2, -0.15) is 0 Å². The van der Waals surface area contributed by atoms with Crippen molar-refractivity contribution in [2.75, 3.05) is 54.6 Å². The van der Waals surface area contributed by atoms with Gasteiger partial charge in [0, 0.05) is 32.0 Å². The van der Waals surface area contributed by atoms with E-state index in [0.29, 0.717) is 19.3 Å². The van der Waals surface area contributed by atoms with Crippen molar-refractivity contribution >= 4 is 11.8 Å². The fourth-order valence-corrected chi connectivity index (χ4v) is 9.57. The van der Waals surface area contributed by atoms with E-state index in [9.17, 15) is 30.0 Å². The van der Waals surface area contributed by atoms with Gasteiger partial charge in [-0.05, 0) is 98.6 Å². The molecule has 3 fully saturated rings. The standard InChI is InChI=1S/C46H80N2O13/c1-11-36-33(26-57-46-44(56-10)43(55-9)40(53)31(6)59-46)23-27(2)17-18-34(49)28(3)24-32(19-22-48-20-15-13-12-14-16-21-48)42(29(4)35(50)25-37(51)60-36)61-45-41(54)38(47(7)8)39(52)30(5)58-45/h17-18,23,28-33,35-36,38-46,50,52-54H,11-16,19-22,24-26H2,1-10H3/b18-17+,27-23+/t28-,29+,30-,31-,32+,33-,35-,36-,38+,39-,40-,41-,42-,43-,44-,45+,46-/m1/s1. The highest BCUT2D eigenvalue weighted by Crippen LogP contribution is 2.35. The van der Waals surface area contributed by atoms with Gasteiger partial charge in [-0.25, -0.2) is 0 Å². The van der Waals surface area contributed by atoms with E-state index in [0.717, 1.165) is 38.0 Å². The third-order valence-electron chi connectivity index (χ3n) is 13.5. The number of allylic oxidation sites excluding steroid dienone is 3. The first-order valence-corrected chi connectivity index (χ1v) is 22.8. The molecule has 4 N–H and O–H groups in total. The molecule has 3 saturated heterocycles. The molecule has 4 rings (SSSR count). The summed E-state index contributed by atoms with van der Waals surface area (Å²) in [6.45, 7) is 13.8. The molecule has 0 aromatic carbocycles. The van der Waals surface area contributed by atoms with Crippen LogP contribution in [0.1, 0.15) is 99.3 Å². The number of cyclic esters (lactones) is 1. The maximum atomic E-state index is 14.0. The van der Waals surface area contributed by atoms with Crippen LogP contribution in [0.3, 0.4) is 0 Å². The molecule has 0 aromatic rings. The molecule has 0 bridgehead atoms. The van der Waals surface area contributed by atoms with Crippen molar-refractivity contribution < 1.29 is 63.2 Å². The lowest BCUT2D eigenvalue weighted by Crippen LogP contribution is -2.63. The Morgan fingerprint density at radius 3 is 2.07 bits per heavy atom. The topological polar surface area (TPSA) is 186 Å². The van der Waals surface area contributed by atoms with Gasteiger partial charge >= 0.3 is 5.97 Å². The average molecular weight is 869 g/mol. The van der Waals surface area contributed by atoms with Crippen molar-refractivity contribution in [3.8, 4) is 0 Å². The minimum atomic E-state index is -1.22. The first kappa shape index (κ1) is 51.8. The van der Waals surface area contributed by atoms with Crippen LogP contribution in [0.15, 0.2) is 23.8 Å². The first-order chi connectivity index (χ1) is 29.0. The number of likely N-dealkylation sites (N-methyl/N-ethyl adjacent to an activating group) is 1. The van der Waals surface area contributed by atoms with Crippen LogP contribution in [0.5, 0.6) is 0 Å². The Labute approximate surface area is 365 Å². The van der Waals surface area contributed by atoms with Gasteiger partial charge in [-0.15, -0.1) is 0 Å². The van der Waals surface area contributed by atoms with E-state index in [1.807, 2.05) is 33.8 Å². The van der Waals surface area contributed by atoms with Gasteiger partial charge in [-0.1, -0.05) is 57.8 Å². The smallest absolute Gasteiger partial charge is 0.308 e. The Kier molecular flexibility index (Phi) is 21.2. The van der Waals surface area contributed by atoms with E-state index in [4.69, 9.17) is 33.2 Å². The second-order valence-electron chi connectivity index (χ2n) is 18.4. The molecule has 0 saturated carbocycles. The lowest BCUT2D eigenvalue weighted by Gasteiger charge is -2.47. The number of esters is 1. The first-order valence-electron chi connectivity index (χ1n) is 22.8. The number of nitrogens with zero attached hydrogens (tertiary/aromatic N) is 2. The Morgan fingerprint density at radius 1 is 0.820 bits per heavy atom. The molecule has 4 heterocycles. The van der Waals surface area contributed by atoms with Crippen molar-refractivity contribution in [2.24, 2.45) is 23.7 Å². The van der Waals surface area contributed by atoms with Gasteiger partial charge in [0.2, 0.25) is 0 Å².